The van der Waals surface area contributed by atoms with Crippen molar-refractivity contribution >= 4 is 10.0 Å². The molecular formula is C10H20N4O2S. The molecule has 0 atom stereocenters. The zero-order chi connectivity index (χ0) is 13.2. The van der Waals surface area contributed by atoms with Crippen LogP contribution in [0.3, 0.4) is 0 Å². The lowest BCUT2D eigenvalue weighted by molar-refractivity contribution is 0.434. The van der Waals surface area contributed by atoms with Crippen molar-refractivity contribution in [3.8, 4) is 0 Å². The number of hydrogen-bond donors (Lipinski definition) is 1. The Labute approximate surface area is 102 Å². The first-order valence-electron chi connectivity index (χ1n) is 5.56. The van der Waals surface area contributed by atoms with Gasteiger partial charge < -0.3 is 5.73 Å². The lowest BCUT2D eigenvalue weighted by atomic mass is 10.4. The van der Waals surface area contributed by atoms with Gasteiger partial charge in [-0.3, -0.25) is 4.68 Å². The highest BCUT2D eigenvalue weighted by Gasteiger charge is 2.28. The van der Waals surface area contributed by atoms with Crippen LogP contribution in [0, 0.1) is 13.8 Å². The molecule has 2 N–H and O–H groups in total. The highest BCUT2D eigenvalue weighted by molar-refractivity contribution is 7.89. The number of hydrogen-bond acceptors (Lipinski definition) is 4. The first-order valence-corrected chi connectivity index (χ1v) is 7.00. The van der Waals surface area contributed by atoms with Crippen LogP contribution >= 0.6 is 0 Å². The van der Waals surface area contributed by atoms with Gasteiger partial charge in [0, 0.05) is 26.7 Å². The SMILES string of the molecule is CCN(CCN)S(=O)(=O)c1c(C)nn(C)c1C. The normalized spacial score (nSPS) is 12.4. The summed E-state index contributed by atoms with van der Waals surface area (Å²) < 4.78 is 27.8. The summed E-state index contributed by atoms with van der Waals surface area (Å²) in [7, 11) is -1.75. The fourth-order valence-electron chi connectivity index (χ4n) is 1.85. The van der Waals surface area contributed by atoms with Gasteiger partial charge in [0.2, 0.25) is 10.0 Å². The van der Waals surface area contributed by atoms with Gasteiger partial charge >= 0.3 is 0 Å². The largest absolute Gasteiger partial charge is 0.329 e. The average Bonchev–Trinajstić information content (AvgIpc) is 2.49. The molecule has 0 radical (unpaired) electrons. The van der Waals surface area contributed by atoms with E-state index in [4.69, 9.17) is 5.73 Å². The Morgan fingerprint density at radius 1 is 1.41 bits per heavy atom. The quantitative estimate of drug-likeness (QED) is 0.808. The van der Waals surface area contributed by atoms with E-state index >= 15 is 0 Å². The number of nitrogens with two attached hydrogens (primary N) is 1. The van der Waals surface area contributed by atoms with Crippen LogP contribution in [0.4, 0.5) is 0 Å². The van der Waals surface area contributed by atoms with Crippen LogP contribution in [0.15, 0.2) is 4.90 Å². The second-order valence-corrected chi connectivity index (χ2v) is 5.78. The third kappa shape index (κ3) is 2.51. The molecule has 1 rings (SSSR count). The molecule has 0 amide bonds. The number of sulfonamides is 1. The maximum atomic E-state index is 12.4. The molecule has 0 spiro atoms. The molecule has 0 aromatic carbocycles. The van der Waals surface area contributed by atoms with Gasteiger partial charge in [0.15, 0.2) is 0 Å². The molecule has 0 unspecified atom stereocenters. The van der Waals surface area contributed by atoms with Crippen molar-refractivity contribution in [3.63, 3.8) is 0 Å². The lowest BCUT2D eigenvalue weighted by Crippen LogP contribution is -2.35. The second-order valence-electron chi connectivity index (χ2n) is 3.91. The minimum Gasteiger partial charge on any atom is -0.329 e. The van der Waals surface area contributed by atoms with Crippen molar-refractivity contribution in [1.29, 1.82) is 0 Å². The van der Waals surface area contributed by atoms with E-state index in [9.17, 15) is 8.42 Å². The molecule has 1 aromatic rings. The van der Waals surface area contributed by atoms with Crippen molar-refractivity contribution in [2.45, 2.75) is 25.7 Å². The summed E-state index contributed by atoms with van der Waals surface area (Å²) >= 11 is 0. The van der Waals surface area contributed by atoms with Gasteiger partial charge in [0.25, 0.3) is 0 Å². The van der Waals surface area contributed by atoms with Crippen molar-refractivity contribution < 1.29 is 8.42 Å². The molecule has 0 saturated carbocycles. The zero-order valence-corrected chi connectivity index (χ0v) is 11.6. The molecule has 6 nitrogen and oxygen atoms in total. The first-order chi connectivity index (χ1) is 7.86. The van der Waals surface area contributed by atoms with Gasteiger partial charge in [-0.15, -0.1) is 0 Å². The maximum absolute atomic E-state index is 12.4. The number of nitrogens with zero attached hydrogens (tertiary/aromatic N) is 3. The van der Waals surface area contributed by atoms with Crippen LogP contribution in [0.1, 0.15) is 18.3 Å². The van der Waals surface area contributed by atoms with E-state index < -0.39 is 10.0 Å². The van der Waals surface area contributed by atoms with Crippen LogP contribution in [0.2, 0.25) is 0 Å². The minimum absolute atomic E-state index is 0.301. The summed E-state index contributed by atoms with van der Waals surface area (Å²) in [6.45, 7) is 6.30. The Kier molecular flexibility index (Phi) is 4.29. The molecule has 0 bridgehead atoms. The molecule has 0 aliphatic heterocycles. The maximum Gasteiger partial charge on any atom is 0.246 e. The monoisotopic (exact) mass is 260 g/mol. The number of rotatable bonds is 5. The molecule has 98 valence electrons. The highest BCUT2D eigenvalue weighted by atomic mass is 32.2. The van der Waals surface area contributed by atoms with Gasteiger partial charge in [-0.1, -0.05) is 6.92 Å². The van der Waals surface area contributed by atoms with Gasteiger partial charge in [0.05, 0.1) is 11.4 Å². The topological polar surface area (TPSA) is 81.2 Å². The number of aromatic nitrogens is 2. The van der Waals surface area contributed by atoms with Gasteiger partial charge in [-0.2, -0.15) is 9.40 Å². The number of likely N-dealkylation sites (N-methyl/N-ethyl adjacent to an activating group) is 1. The summed E-state index contributed by atoms with van der Waals surface area (Å²) in [4.78, 5) is 0.301. The number of aryl methyl sites for hydroxylation is 2. The molecular weight excluding hydrogens is 240 g/mol. The van der Waals surface area contributed by atoms with E-state index in [1.807, 2.05) is 0 Å². The summed E-state index contributed by atoms with van der Waals surface area (Å²) in [5, 5.41) is 4.13. The smallest absolute Gasteiger partial charge is 0.246 e. The fourth-order valence-corrected chi connectivity index (χ4v) is 3.71. The Balaban J connectivity index is 3.30. The Hall–Kier alpha value is -0.920. The van der Waals surface area contributed by atoms with Crippen LogP contribution in [0.5, 0.6) is 0 Å². The van der Waals surface area contributed by atoms with Gasteiger partial charge in [0.1, 0.15) is 4.90 Å². The molecule has 0 fully saturated rings. The summed E-state index contributed by atoms with van der Waals surface area (Å²) in [6.07, 6.45) is 0. The second kappa shape index (κ2) is 5.16. The van der Waals surface area contributed by atoms with Crippen LogP contribution in [0.25, 0.3) is 0 Å². The Morgan fingerprint density at radius 3 is 2.35 bits per heavy atom. The van der Waals surface area contributed by atoms with E-state index in [-0.39, 0.29) is 0 Å². The van der Waals surface area contributed by atoms with Crippen LogP contribution in [-0.4, -0.2) is 42.1 Å². The van der Waals surface area contributed by atoms with E-state index in [0.717, 1.165) is 0 Å². The summed E-state index contributed by atoms with van der Waals surface area (Å²) in [5.74, 6) is 0. The van der Waals surface area contributed by atoms with Crippen molar-refractivity contribution in [2.75, 3.05) is 19.6 Å². The van der Waals surface area contributed by atoms with Crippen molar-refractivity contribution in [3.05, 3.63) is 11.4 Å². The molecule has 0 saturated heterocycles. The third-order valence-electron chi connectivity index (χ3n) is 2.77. The van der Waals surface area contributed by atoms with E-state index in [2.05, 4.69) is 5.10 Å². The molecule has 17 heavy (non-hydrogen) atoms. The zero-order valence-electron chi connectivity index (χ0n) is 10.8. The van der Waals surface area contributed by atoms with Crippen LogP contribution in [-0.2, 0) is 17.1 Å². The van der Waals surface area contributed by atoms with Gasteiger partial charge in [-0.05, 0) is 13.8 Å². The Morgan fingerprint density at radius 2 is 2.00 bits per heavy atom. The lowest BCUT2D eigenvalue weighted by Gasteiger charge is -2.19. The van der Waals surface area contributed by atoms with E-state index in [1.165, 1.54) is 4.31 Å². The predicted octanol–water partition coefficient (Wildman–Crippen LogP) is 0.00624. The minimum atomic E-state index is -3.48. The molecule has 0 aliphatic rings. The van der Waals surface area contributed by atoms with Crippen LogP contribution < -0.4 is 5.73 Å². The summed E-state index contributed by atoms with van der Waals surface area (Å²) in [6, 6.07) is 0. The highest BCUT2D eigenvalue weighted by Crippen LogP contribution is 2.22. The first kappa shape index (κ1) is 14.1. The molecule has 0 aliphatic carbocycles. The fraction of sp³-hybridized carbons (Fsp3) is 0.700. The molecule has 1 aromatic heterocycles. The Bertz CT molecular complexity index is 493. The van der Waals surface area contributed by atoms with E-state index in [1.54, 1.807) is 32.5 Å². The van der Waals surface area contributed by atoms with Crippen molar-refractivity contribution in [2.24, 2.45) is 12.8 Å². The predicted molar refractivity (Wildman–Crippen MR) is 66.2 cm³/mol. The van der Waals surface area contributed by atoms with Gasteiger partial charge in [-0.25, -0.2) is 8.42 Å². The molecule has 1 heterocycles. The molecule has 7 heteroatoms. The van der Waals surface area contributed by atoms with Crippen molar-refractivity contribution in [1.82, 2.24) is 14.1 Å². The van der Waals surface area contributed by atoms with E-state index in [0.29, 0.717) is 35.9 Å². The third-order valence-corrected chi connectivity index (χ3v) is 5.00. The summed E-state index contributed by atoms with van der Waals surface area (Å²) in [5.41, 5.74) is 6.61. The standard InChI is InChI=1S/C10H20N4O2S/c1-5-14(7-6-11)17(15,16)10-8(2)12-13(4)9(10)3/h5-7,11H2,1-4H3. The average molecular weight is 260 g/mol.